The maximum absolute atomic E-state index is 14.4. The predicted octanol–water partition coefficient (Wildman–Crippen LogP) is 4.45. The molecule has 4 aromatic rings. The third-order valence-corrected chi connectivity index (χ3v) is 6.31. The fourth-order valence-corrected chi connectivity index (χ4v) is 4.59. The van der Waals surface area contributed by atoms with Crippen molar-refractivity contribution in [1.29, 1.82) is 5.26 Å². The van der Waals surface area contributed by atoms with Gasteiger partial charge >= 0.3 is 0 Å². The fraction of sp³-hybridized carbons (Fsp3) is 0.222. The van der Waals surface area contributed by atoms with Crippen LogP contribution in [0.3, 0.4) is 0 Å². The van der Waals surface area contributed by atoms with Gasteiger partial charge in [0.1, 0.15) is 23.4 Å². The van der Waals surface area contributed by atoms with Crippen LogP contribution >= 0.6 is 0 Å². The first-order valence-corrected chi connectivity index (χ1v) is 11.4. The van der Waals surface area contributed by atoms with E-state index in [1.165, 1.54) is 6.07 Å². The molecule has 1 saturated heterocycles. The SMILES string of the molecule is N#Cc1cccnc1N1CCCN(C(=O)c2cc3ccccc3n2Cc2ccccc2F)CC1. The average molecular weight is 454 g/mol. The van der Waals surface area contributed by atoms with E-state index in [1.54, 1.807) is 30.5 Å². The Morgan fingerprint density at radius 1 is 1.00 bits per heavy atom. The number of rotatable bonds is 4. The van der Waals surface area contributed by atoms with Crippen LogP contribution in [0, 0.1) is 17.1 Å². The summed E-state index contributed by atoms with van der Waals surface area (Å²) in [5, 5.41) is 10.4. The number of para-hydroxylation sites is 1. The molecule has 0 spiro atoms. The van der Waals surface area contributed by atoms with Crippen molar-refractivity contribution in [3.8, 4) is 6.07 Å². The Kier molecular flexibility index (Phi) is 5.96. The zero-order chi connectivity index (χ0) is 23.5. The lowest BCUT2D eigenvalue weighted by molar-refractivity contribution is 0.0757. The average Bonchev–Trinajstić information content (AvgIpc) is 3.05. The summed E-state index contributed by atoms with van der Waals surface area (Å²) in [6, 6.07) is 22.1. The van der Waals surface area contributed by atoms with Crippen LogP contribution in [0.5, 0.6) is 0 Å². The molecule has 34 heavy (non-hydrogen) atoms. The third kappa shape index (κ3) is 4.11. The minimum atomic E-state index is -0.284. The van der Waals surface area contributed by atoms with E-state index in [1.807, 2.05) is 45.9 Å². The van der Waals surface area contributed by atoms with Gasteiger partial charge in [0.25, 0.3) is 5.91 Å². The molecule has 1 aliphatic heterocycles. The molecule has 5 rings (SSSR count). The summed E-state index contributed by atoms with van der Waals surface area (Å²) in [4.78, 5) is 22.0. The predicted molar refractivity (Wildman–Crippen MR) is 129 cm³/mol. The Balaban J connectivity index is 1.43. The number of hydrogen-bond donors (Lipinski definition) is 0. The van der Waals surface area contributed by atoms with Gasteiger partial charge in [-0.25, -0.2) is 9.37 Å². The standard InChI is InChI=1S/C27H24FN5O/c28-23-10-3-1-8-22(23)19-33-24-11-4-2-7-20(24)17-25(33)27(34)32-14-6-13-31(15-16-32)26-21(18-29)9-5-12-30-26/h1-5,7-12,17H,6,13-16,19H2. The Morgan fingerprint density at radius 2 is 1.82 bits per heavy atom. The molecule has 0 atom stereocenters. The lowest BCUT2D eigenvalue weighted by Crippen LogP contribution is -2.36. The molecule has 0 saturated carbocycles. The lowest BCUT2D eigenvalue weighted by atomic mass is 10.2. The number of halogens is 1. The largest absolute Gasteiger partial charge is 0.354 e. The van der Waals surface area contributed by atoms with Crippen molar-refractivity contribution < 1.29 is 9.18 Å². The molecule has 3 heterocycles. The van der Waals surface area contributed by atoms with Crippen molar-refractivity contribution in [3.05, 3.63) is 95.6 Å². The van der Waals surface area contributed by atoms with E-state index in [2.05, 4.69) is 16.0 Å². The van der Waals surface area contributed by atoms with Crippen LogP contribution in [0.4, 0.5) is 10.2 Å². The monoisotopic (exact) mass is 453 g/mol. The Hall–Kier alpha value is -4.18. The molecule has 0 aliphatic carbocycles. The Labute approximate surface area is 197 Å². The highest BCUT2D eigenvalue weighted by Gasteiger charge is 2.25. The van der Waals surface area contributed by atoms with Crippen LogP contribution in [0.2, 0.25) is 0 Å². The van der Waals surface area contributed by atoms with E-state index in [-0.39, 0.29) is 18.3 Å². The van der Waals surface area contributed by atoms with E-state index >= 15 is 0 Å². The number of fused-ring (bicyclic) bond motifs is 1. The van der Waals surface area contributed by atoms with Crippen molar-refractivity contribution in [1.82, 2.24) is 14.5 Å². The summed E-state index contributed by atoms with van der Waals surface area (Å²) in [5.74, 6) is 0.302. The smallest absolute Gasteiger partial charge is 0.270 e. The number of carbonyl (C=O) groups is 1. The van der Waals surface area contributed by atoms with Gasteiger partial charge in [-0.05, 0) is 36.8 Å². The first-order valence-electron chi connectivity index (χ1n) is 11.4. The molecule has 7 heteroatoms. The molecule has 1 amide bonds. The van der Waals surface area contributed by atoms with Crippen LogP contribution in [-0.4, -0.2) is 46.5 Å². The van der Waals surface area contributed by atoms with Crippen LogP contribution in [0.25, 0.3) is 10.9 Å². The summed E-state index contributed by atoms with van der Waals surface area (Å²) >= 11 is 0. The van der Waals surface area contributed by atoms with E-state index in [0.717, 1.165) is 17.3 Å². The quantitative estimate of drug-likeness (QED) is 0.458. The second-order valence-corrected chi connectivity index (χ2v) is 8.39. The normalized spacial score (nSPS) is 14.1. The van der Waals surface area contributed by atoms with Crippen molar-refractivity contribution in [2.24, 2.45) is 0 Å². The summed E-state index contributed by atoms with van der Waals surface area (Å²) in [6.07, 6.45) is 2.45. The summed E-state index contributed by atoms with van der Waals surface area (Å²) in [5.41, 5.74) is 2.53. The summed E-state index contributed by atoms with van der Waals surface area (Å²) in [6.45, 7) is 2.70. The number of anilines is 1. The highest BCUT2D eigenvalue weighted by Crippen LogP contribution is 2.25. The van der Waals surface area contributed by atoms with Gasteiger partial charge in [-0.3, -0.25) is 4.79 Å². The van der Waals surface area contributed by atoms with Crippen molar-refractivity contribution in [2.45, 2.75) is 13.0 Å². The zero-order valence-corrected chi connectivity index (χ0v) is 18.7. The lowest BCUT2D eigenvalue weighted by Gasteiger charge is -2.24. The Bertz CT molecular complexity index is 1390. The van der Waals surface area contributed by atoms with Crippen LogP contribution < -0.4 is 4.90 Å². The number of amides is 1. The van der Waals surface area contributed by atoms with Gasteiger partial charge < -0.3 is 14.4 Å². The van der Waals surface area contributed by atoms with Crippen molar-refractivity contribution >= 4 is 22.6 Å². The molecule has 6 nitrogen and oxygen atoms in total. The molecule has 1 aliphatic rings. The van der Waals surface area contributed by atoms with Gasteiger partial charge in [0.05, 0.1) is 12.1 Å². The number of nitriles is 1. The van der Waals surface area contributed by atoms with Gasteiger partial charge in [-0.15, -0.1) is 0 Å². The molecular formula is C27H24FN5O. The topological polar surface area (TPSA) is 65.2 Å². The molecular weight excluding hydrogens is 429 g/mol. The van der Waals surface area contributed by atoms with Crippen LogP contribution in [0.15, 0.2) is 72.9 Å². The number of hydrogen-bond acceptors (Lipinski definition) is 4. The van der Waals surface area contributed by atoms with Crippen molar-refractivity contribution in [3.63, 3.8) is 0 Å². The number of carbonyl (C=O) groups excluding carboxylic acids is 1. The Morgan fingerprint density at radius 3 is 2.68 bits per heavy atom. The van der Waals surface area contributed by atoms with Gasteiger partial charge in [0.15, 0.2) is 0 Å². The maximum Gasteiger partial charge on any atom is 0.270 e. The van der Waals surface area contributed by atoms with E-state index in [9.17, 15) is 14.4 Å². The molecule has 2 aromatic carbocycles. The molecule has 1 fully saturated rings. The molecule has 0 radical (unpaired) electrons. The number of aromatic nitrogens is 2. The van der Waals surface area contributed by atoms with Gasteiger partial charge in [0, 0.05) is 48.8 Å². The number of nitrogens with zero attached hydrogens (tertiary/aromatic N) is 5. The molecule has 0 bridgehead atoms. The molecule has 0 unspecified atom stereocenters. The summed E-state index contributed by atoms with van der Waals surface area (Å²) < 4.78 is 16.4. The number of pyridine rings is 1. The maximum atomic E-state index is 14.4. The van der Waals surface area contributed by atoms with Crippen LogP contribution in [0.1, 0.15) is 28.0 Å². The molecule has 170 valence electrons. The van der Waals surface area contributed by atoms with E-state index in [0.29, 0.717) is 48.8 Å². The third-order valence-electron chi connectivity index (χ3n) is 6.31. The van der Waals surface area contributed by atoms with Gasteiger partial charge in [-0.2, -0.15) is 5.26 Å². The first-order chi connectivity index (χ1) is 16.7. The number of benzene rings is 2. The van der Waals surface area contributed by atoms with Gasteiger partial charge in [0.2, 0.25) is 0 Å². The molecule has 2 aromatic heterocycles. The van der Waals surface area contributed by atoms with E-state index in [4.69, 9.17) is 0 Å². The fourth-order valence-electron chi connectivity index (χ4n) is 4.59. The molecule has 0 N–H and O–H groups in total. The van der Waals surface area contributed by atoms with E-state index < -0.39 is 0 Å². The van der Waals surface area contributed by atoms with Crippen molar-refractivity contribution in [2.75, 3.05) is 31.1 Å². The summed E-state index contributed by atoms with van der Waals surface area (Å²) in [7, 11) is 0. The highest BCUT2D eigenvalue weighted by atomic mass is 19.1. The van der Waals surface area contributed by atoms with Gasteiger partial charge in [-0.1, -0.05) is 36.4 Å². The highest BCUT2D eigenvalue weighted by molar-refractivity contribution is 5.99. The first kappa shape index (κ1) is 21.7. The minimum absolute atomic E-state index is 0.0732. The van der Waals surface area contributed by atoms with Crippen LogP contribution in [-0.2, 0) is 6.54 Å². The zero-order valence-electron chi connectivity index (χ0n) is 18.7. The minimum Gasteiger partial charge on any atom is -0.354 e. The second kappa shape index (κ2) is 9.36. The second-order valence-electron chi connectivity index (χ2n) is 8.39.